The van der Waals surface area contributed by atoms with Crippen LogP contribution in [0.5, 0.6) is 0 Å². The van der Waals surface area contributed by atoms with Crippen molar-refractivity contribution >= 4 is 17.7 Å². The Morgan fingerprint density at radius 2 is 1.94 bits per heavy atom. The minimum Gasteiger partial charge on any atom is -0.322 e. The summed E-state index contributed by atoms with van der Waals surface area (Å²) in [5.41, 5.74) is 3.09. The lowest BCUT2D eigenvalue weighted by molar-refractivity contribution is -0.136. The lowest BCUT2D eigenvalue weighted by Gasteiger charge is -2.31. The van der Waals surface area contributed by atoms with Crippen LogP contribution in [0.2, 0.25) is 0 Å². The first-order valence-corrected chi connectivity index (χ1v) is 10.6. The molecule has 10 heteroatoms. The van der Waals surface area contributed by atoms with E-state index in [-0.39, 0.29) is 18.2 Å². The minimum atomic E-state index is -0.609. The zero-order chi connectivity index (χ0) is 21.5. The molecule has 31 heavy (non-hydrogen) atoms. The van der Waals surface area contributed by atoms with Crippen LogP contribution in [0.3, 0.4) is 0 Å². The Morgan fingerprint density at radius 1 is 1.13 bits per heavy atom. The second kappa shape index (κ2) is 7.86. The molecule has 0 spiro atoms. The Morgan fingerprint density at radius 3 is 2.71 bits per heavy atom. The van der Waals surface area contributed by atoms with Gasteiger partial charge in [0.15, 0.2) is 0 Å². The lowest BCUT2D eigenvalue weighted by Crippen LogP contribution is -2.52. The zero-order valence-electron chi connectivity index (χ0n) is 17.5. The molecule has 0 aliphatic carbocycles. The van der Waals surface area contributed by atoms with Crippen LogP contribution in [-0.4, -0.2) is 86.7 Å². The number of rotatable bonds is 4. The van der Waals surface area contributed by atoms with Gasteiger partial charge in [0.25, 0.3) is 5.91 Å². The highest BCUT2D eigenvalue weighted by Crippen LogP contribution is 2.29. The van der Waals surface area contributed by atoms with Crippen LogP contribution in [0, 0.1) is 0 Å². The second-order valence-electron chi connectivity index (χ2n) is 8.48. The normalized spacial score (nSPS) is 22.7. The fourth-order valence-corrected chi connectivity index (χ4v) is 4.42. The Labute approximate surface area is 179 Å². The van der Waals surface area contributed by atoms with E-state index in [1.165, 1.54) is 0 Å². The molecule has 3 amide bonds. The Bertz CT molecular complexity index is 1040. The lowest BCUT2D eigenvalue weighted by atomic mass is 10.0. The minimum absolute atomic E-state index is 0.191. The van der Waals surface area contributed by atoms with E-state index in [4.69, 9.17) is 0 Å². The molecule has 2 fully saturated rings. The van der Waals surface area contributed by atoms with Gasteiger partial charge in [-0.3, -0.25) is 24.6 Å². The van der Waals surface area contributed by atoms with Crippen molar-refractivity contribution < 1.29 is 14.4 Å². The molecule has 1 unspecified atom stereocenters. The first kappa shape index (κ1) is 19.8. The quantitative estimate of drug-likeness (QED) is 0.678. The molecule has 1 atom stereocenters. The number of nitrogens with one attached hydrogen (secondary N) is 1. The van der Waals surface area contributed by atoms with Crippen molar-refractivity contribution in [2.75, 3.05) is 33.2 Å². The van der Waals surface area contributed by atoms with Crippen molar-refractivity contribution in [2.24, 2.45) is 0 Å². The van der Waals surface area contributed by atoms with E-state index in [0.717, 1.165) is 49.7 Å². The second-order valence-corrected chi connectivity index (χ2v) is 8.48. The van der Waals surface area contributed by atoms with E-state index in [9.17, 15) is 14.4 Å². The van der Waals surface area contributed by atoms with Gasteiger partial charge in [0, 0.05) is 51.3 Å². The highest BCUT2D eigenvalue weighted by atomic mass is 16.2. The fraction of sp³-hybridized carbons (Fsp3) is 0.476. The van der Waals surface area contributed by atoms with Crippen LogP contribution in [0.25, 0.3) is 5.69 Å². The van der Waals surface area contributed by atoms with Gasteiger partial charge in [-0.2, -0.15) is 0 Å². The van der Waals surface area contributed by atoms with Gasteiger partial charge in [-0.1, -0.05) is 11.3 Å². The predicted molar refractivity (Wildman–Crippen MR) is 110 cm³/mol. The summed E-state index contributed by atoms with van der Waals surface area (Å²) in [6.45, 7) is 5.23. The summed E-state index contributed by atoms with van der Waals surface area (Å²) in [6, 6.07) is 5.00. The molecule has 1 aromatic carbocycles. The summed E-state index contributed by atoms with van der Waals surface area (Å²) in [5.74, 6) is -0.877. The van der Waals surface area contributed by atoms with E-state index in [2.05, 4.69) is 32.5 Å². The monoisotopic (exact) mass is 423 g/mol. The summed E-state index contributed by atoms with van der Waals surface area (Å²) >= 11 is 0. The van der Waals surface area contributed by atoms with E-state index in [1.54, 1.807) is 15.6 Å². The number of carbonyl (C=O) groups excluding carboxylic acids is 3. The molecule has 4 heterocycles. The average Bonchev–Trinajstić information content (AvgIpc) is 3.34. The molecule has 5 rings (SSSR count). The molecule has 1 N–H and O–H groups in total. The molecule has 2 saturated heterocycles. The van der Waals surface area contributed by atoms with Crippen molar-refractivity contribution in [1.82, 2.24) is 35.0 Å². The molecular formula is C21H25N7O3. The molecule has 2 aromatic rings. The van der Waals surface area contributed by atoms with Crippen LogP contribution in [0.4, 0.5) is 0 Å². The van der Waals surface area contributed by atoms with Gasteiger partial charge in [-0.15, -0.1) is 5.10 Å². The topological polar surface area (TPSA) is 104 Å². The molecule has 1 aromatic heterocycles. The summed E-state index contributed by atoms with van der Waals surface area (Å²) < 4.78 is 1.69. The van der Waals surface area contributed by atoms with E-state index in [0.29, 0.717) is 18.5 Å². The van der Waals surface area contributed by atoms with Crippen LogP contribution in [-0.2, 0) is 22.7 Å². The summed E-state index contributed by atoms with van der Waals surface area (Å²) in [4.78, 5) is 42.9. The first-order valence-electron chi connectivity index (χ1n) is 10.6. The van der Waals surface area contributed by atoms with Crippen molar-refractivity contribution in [2.45, 2.75) is 32.0 Å². The first-order chi connectivity index (χ1) is 15.0. The summed E-state index contributed by atoms with van der Waals surface area (Å²) in [5, 5.41) is 10.9. The number of nitrogens with zero attached hydrogens (tertiary/aromatic N) is 6. The molecule has 162 valence electrons. The number of carbonyl (C=O) groups is 3. The van der Waals surface area contributed by atoms with Crippen molar-refractivity contribution in [3.63, 3.8) is 0 Å². The molecule has 3 aliphatic heterocycles. The predicted octanol–water partition coefficient (Wildman–Crippen LogP) is -0.224. The van der Waals surface area contributed by atoms with Crippen molar-refractivity contribution in [3.05, 3.63) is 41.2 Å². The van der Waals surface area contributed by atoms with E-state index >= 15 is 0 Å². The highest BCUT2D eigenvalue weighted by molar-refractivity contribution is 6.05. The van der Waals surface area contributed by atoms with Gasteiger partial charge < -0.3 is 9.80 Å². The fourth-order valence-electron chi connectivity index (χ4n) is 4.42. The standard InChI is InChI=1S/C21H25N7O3/c1-25-6-8-26(9-7-25)12-15-13-28(24-23-15)16-3-2-14-11-27(21(31)17(14)10-16)18-4-5-19(29)22-20(18)30/h2-3,10,13,18H,4-9,11-12H2,1H3,(H,22,29,30). The molecule has 0 saturated carbocycles. The third-order valence-corrected chi connectivity index (χ3v) is 6.30. The zero-order valence-corrected chi connectivity index (χ0v) is 17.5. The molecular weight excluding hydrogens is 398 g/mol. The maximum absolute atomic E-state index is 13.0. The van der Waals surface area contributed by atoms with E-state index in [1.807, 2.05) is 18.3 Å². The summed E-state index contributed by atoms with van der Waals surface area (Å²) in [6.07, 6.45) is 2.50. The van der Waals surface area contributed by atoms with Gasteiger partial charge >= 0.3 is 0 Å². The number of hydrogen-bond acceptors (Lipinski definition) is 7. The number of benzene rings is 1. The number of amides is 3. The van der Waals surface area contributed by atoms with Gasteiger partial charge in [-0.05, 0) is 31.2 Å². The Kier molecular flexibility index (Phi) is 5.03. The van der Waals surface area contributed by atoms with Gasteiger partial charge in [0.2, 0.25) is 11.8 Å². The van der Waals surface area contributed by atoms with Crippen LogP contribution in [0.1, 0.15) is 34.5 Å². The smallest absolute Gasteiger partial charge is 0.255 e. The number of hydrogen-bond donors (Lipinski definition) is 1. The van der Waals surface area contributed by atoms with Crippen molar-refractivity contribution in [3.8, 4) is 5.69 Å². The van der Waals surface area contributed by atoms with Gasteiger partial charge in [0.05, 0.1) is 17.6 Å². The number of likely N-dealkylation sites (N-methyl/N-ethyl adjacent to an activating group) is 1. The highest BCUT2D eigenvalue weighted by Gasteiger charge is 2.39. The van der Waals surface area contributed by atoms with Gasteiger partial charge in [-0.25, -0.2) is 4.68 Å². The van der Waals surface area contributed by atoms with Crippen LogP contribution >= 0.6 is 0 Å². The van der Waals surface area contributed by atoms with E-state index < -0.39 is 11.9 Å². The van der Waals surface area contributed by atoms with Crippen LogP contribution < -0.4 is 5.32 Å². The Balaban J connectivity index is 1.30. The number of imide groups is 1. The maximum Gasteiger partial charge on any atom is 0.255 e. The Hall–Kier alpha value is -3.11. The van der Waals surface area contributed by atoms with Gasteiger partial charge in [0.1, 0.15) is 6.04 Å². The number of aromatic nitrogens is 3. The largest absolute Gasteiger partial charge is 0.322 e. The average molecular weight is 423 g/mol. The molecule has 3 aliphatic rings. The third-order valence-electron chi connectivity index (χ3n) is 6.30. The number of fused-ring (bicyclic) bond motifs is 1. The number of piperidine rings is 1. The molecule has 0 bridgehead atoms. The van der Waals surface area contributed by atoms with Crippen LogP contribution in [0.15, 0.2) is 24.4 Å². The maximum atomic E-state index is 13.0. The SMILES string of the molecule is CN1CCN(Cc2cn(-c3ccc4c(c3)C(=O)N(C3CCC(=O)NC3=O)C4)nn2)CC1. The molecule has 0 radical (unpaired) electrons. The van der Waals surface area contributed by atoms with Crippen molar-refractivity contribution in [1.29, 1.82) is 0 Å². The third kappa shape index (κ3) is 3.84. The number of piperazine rings is 1. The molecule has 10 nitrogen and oxygen atoms in total. The summed E-state index contributed by atoms with van der Waals surface area (Å²) in [7, 11) is 2.13.